The van der Waals surface area contributed by atoms with Crippen molar-refractivity contribution in [3.63, 3.8) is 0 Å². The van der Waals surface area contributed by atoms with Gasteiger partial charge in [-0.15, -0.1) is 0 Å². The van der Waals surface area contributed by atoms with Gasteiger partial charge in [-0.3, -0.25) is 9.89 Å². The van der Waals surface area contributed by atoms with Crippen molar-refractivity contribution < 1.29 is 9.47 Å². The zero-order chi connectivity index (χ0) is 18.2. The predicted molar refractivity (Wildman–Crippen MR) is 106 cm³/mol. The molecule has 6 nitrogen and oxygen atoms in total. The van der Waals surface area contributed by atoms with E-state index in [-0.39, 0.29) is 0 Å². The number of rotatable bonds is 8. The minimum atomic E-state index is 0.323. The lowest BCUT2D eigenvalue weighted by atomic mass is 10.1. The van der Waals surface area contributed by atoms with Gasteiger partial charge in [0.15, 0.2) is 5.96 Å². The first-order chi connectivity index (χ1) is 12.8. The largest absolute Gasteiger partial charge is 0.376 e. The summed E-state index contributed by atoms with van der Waals surface area (Å²) in [4.78, 5) is 9.45. The summed E-state index contributed by atoms with van der Waals surface area (Å²) >= 11 is 0. The van der Waals surface area contributed by atoms with E-state index in [9.17, 15) is 0 Å². The van der Waals surface area contributed by atoms with Gasteiger partial charge in [0, 0.05) is 45.9 Å². The molecule has 2 saturated heterocycles. The Kier molecular flexibility index (Phi) is 8.02. The van der Waals surface area contributed by atoms with Crippen LogP contribution in [0, 0.1) is 0 Å². The second-order valence-corrected chi connectivity index (χ2v) is 7.84. The second kappa shape index (κ2) is 10.5. The highest BCUT2D eigenvalue weighted by molar-refractivity contribution is 5.79. The van der Waals surface area contributed by atoms with Gasteiger partial charge in [0.05, 0.1) is 18.8 Å². The van der Waals surface area contributed by atoms with Gasteiger partial charge in [-0.1, -0.05) is 6.92 Å². The monoisotopic (exact) mass is 366 g/mol. The van der Waals surface area contributed by atoms with E-state index >= 15 is 0 Å². The number of hydrogen-bond acceptors (Lipinski definition) is 4. The van der Waals surface area contributed by atoms with Crippen molar-refractivity contribution in [2.75, 3.05) is 53.0 Å². The normalized spacial score (nSPS) is 25.7. The SMILES string of the molecule is CCN(CCNC(=NC)N1CCC(OCC2CCCCO2)CC1)C1CC1. The van der Waals surface area contributed by atoms with Crippen molar-refractivity contribution >= 4 is 5.96 Å². The number of guanidine groups is 1. The van der Waals surface area contributed by atoms with E-state index in [2.05, 4.69) is 27.0 Å². The molecular formula is C20H38N4O2. The van der Waals surface area contributed by atoms with Crippen LogP contribution < -0.4 is 5.32 Å². The van der Waals surface area contributed by atoms with Gasteiger partial charge < -0.3 is 19.7 Å². The van der Waals surface area contributed by atoms with Gasteiger partial charge in [-0.25, -0.2) is 0 Å². The van der Waals surface area contributed by atoms with E-state index in [4.69, 9.17) is 9.47 Å². The third-order valence-corrected chi connectivity index (χ3v) is 5.90. The van der Waals surface area contributed by atoms with Gasteiger partial charge in [0.2, 0.25) is 0 Å². The lowest BCUT2D eigenvalue weighted by molar-refractivity contribution is -0.0721. The number of nitrogens with zero attached hydrogens (tertiary/aromatic N) is 3. The average molecular weight is 367 g/mol. The Bertz CT molecular complexity index is 428. The zero-order valence-electron chi connectivity index (χ0n) is 16.8. The smallest absolute Gasteiger partial charge is 0.193 e. The Morgan fingerprint density at radius 2 is 2.00 bits per heavy atom. The predicted octanol–water partition coefficient (Wildman–Crippen LogP) is 2.10. The van der Waals surface area contributed by atoms with Crippen molar-refractivity contribution in [2.24, 2.45) is 4.99 Å². The quantitative estimate of drug-likeness (QED) is 0.527. The molecule has 0 radical (unpaired) electrons. The van der Waals surface area contributed by atoms with Gasteiger partial charge >= 0.3 is 0 Å². The van der Waals surface area contributed by atoms with Crippen molar-refractivity contribution in [3.8, 4) is 0 Å². The first-order valence-electron chi connectivity index (χ1n) is 10.7. The summed E-state index contributed by atoms with van der Waals surface area (Å²) in [7, 11) is 1.89. The molecule has 0 spiro atoms. The summed E-state index contributed by atoms with van der Waals surface area (Å²) in [6.45, 7) is 9.23. The van der Waals surface area contributed by atoms with Gasteiger partial charge in [0.1, 0.15) is 0 Å². The van der Waals surface area contributed by atoms with Crippen LogP contribution in [0.15, 0.2) is 4.99 Å². The van der Waals surface area contributed by atoms with E-state index in [0.29, 0.717) is 12.2 Å². The number of piperidine rings is 1. The molecule has 0 aromatic heterocycles. The topological polar surface area (TPSA) is 49.3 Å². The molecule has 26 heavy (non-hydrogen) atoms. The third kappa shape index (κ3) is 6.10. The molecular weight excluding hydrogens is 328 g/mol. The molecule has 0 bridgehead atoms. The van der Waals surface area contributed by atoms with Crippen molar-refractivity contribution in [3.05, 3.63) is 0 Å². The number of likely N-dealkylation sites (N-methyl/N-ethyl adjacent to an activating group) is 1. The van der Waals surface area contributed by atoms with Crippen LogP contribution in [0.2, 0.25) is 0 Å². The van der Waals surface area contributed by atoms with E-state index in [1.807, 2.05) is 7.05 Å². The van der Waals surface area contributed by atoms with Crippen LogP contribution in [0.1, 0.15) is 51.9 Å². The maximum atomic E-state index is 6.13. The molecule has 1 atom stereocenters. The van der Waals surface area contributed by atoms with Crippen molar-refractivity contribution in [1.82, 2.24) is 15.1 Å². The number of likely N-dealkylation sites (tertiary alicyclic amines) is 1. The van der Waals surface area contributed by atoms with E-state index in [1.54, 1.807) is 0 Å². The minimum absolute atomic E-state index is 0.323. The van der Waals surface area contributed by atoms with Gasteiger partial charge in [-0.05, 0) is 51.5 Å². The first-order valence-corrected chi connectivity index (χ1v) is 10.7. The van der Waals surface area contributed by atoms with E-state index in [0.717, 1.165) is 77.2 Å². The molecule has 1 unspecified atom stereocenters. The molecule has 0 aromatic carbocycles. The maximum absolute atomic E-state index is 6.13. The summed E-state index contributed by atoms with van der Waals surface area (Å²) in [6, 6.07) is 0.838. The van der Waals surface area contributed by atoms with Gasteiger partial charge in [-0.2, -0.15) is 0 Å². The fourth-order valence-corrected chi connectivity index (χ4v) is 4.10. The Morgan fingerprint density at radius 3 is 2.62 bits per heavy atom. The summed E-state index contributed by atoms with van der Waals surface area (Å²) in [6.07, 6.45) is 9.26. The molecule has 3 aliphatic rings. The molecule has 3 fully saturated rings. The highest BCUT2D eigenvalue weighted by Gasteiger charge is 2.27. The Labute approximate surface area is 159 Å². The van der Waals surface area contributed by atoms with Gasteiger partial charge in [0.25, 0.3) is 0 Å². The van der Waals surface area contributed by atoms with Crippen LogP contribution in [-0.4, -0.2) is 87.0 Å². The number of aliphatic imine (C=N–C) groups is 1. The zero-order valence-corrected chi connectivity index (χ0v) is 16.8. The molecule has 0 amide bonds. The van der Waals surface area contributed by atoms with Crippen molar-refractivity contribution in [1.29, 1.82) is 0 Å². The summed E-state index contributed by atoms with van der Waals surface area (Å²) in [5.74, 6) is 1.05. The minimum Gasteiger partial charge on any atom is -0.376 e. The van der Waals surface area contributed by atoms with E-state index < -0.39 is 0 Å². The van der Waals surface area contributed by atoms with E-state index in [1.165, 1.54) is 25.7 Å². The first kappa shape index (κ1) is 19.9. The molecule has 1 saturated carbocycles. The number of hydrogen-bond donors (Lipinski definition) is 1. The summed E-state index contributed by atoms with van der Waals surface area (Å²) in [5, 5.41) is 3.56. The van der Waals surface area contributed by atoms with Crippen LogP contribution in [-0.2, 0) is 9.47 Å². The fraction of sp³-hybridized carbons (Fsp3) is 0.950. The molecule has 2 heterocycles. The van der Waals surface area contributed by atoms with Crippen LogP contribution in [0.5, 0.6) is 0 Å². The van der Waals surface area contributed by atoms with Crippen LogP contribution in [0.25, 0.3) is 0 Å². The Balaban J connectivity index is 1.31. The molecule has 3 rings (SSSR count). The number of ether oxygens (including phenoxy) is 2. The average Bonchev–Trinajstić information content (AvgIpc) is 3.53. The highest BCUT2D eigenvalue weighted by atomic mass is 16.5. The third-order valence-electron chi connectivity index (χ3n) is 5.90. The standard InChI is InChI=1S/C20H38N4O2/c1-3-23(17-7-8-17)14-11-22-20(21-2)24-12-9-18(10-13-24)26-16-19-6-4-5-15-25-19/h17-19H,3-16H2,1-2H3,(H,21,22). The molecule has 0 aromatic rings. The maximum Gasteiger partial charge on any atom is 0.193 e. The molecule has 6 heteroatoms. The molecule has 150 valence electrons. The number of nitrogens with one attached hydrogen (secondary N) is 1. The molecule has 1 aliphatic carbocycles. The summed E-state index contributed by atoms with van der Waals surface area (Å²) < 4.78 is 11.9. The summed E-state index contributed by atoms with van der Waals surface area (Å²) in [5.41, 5.74) is 0. The van der Waals surface area contributed by atoms with Crippen molar-refractivity contribution in [2.45, 2.75) is 70.1 Å². The Hall–Kier alpha value is -0.850. The molecule has 2 aliphatic heterocycles. The second-order valence-electron chi connectivity index (χ2n) is 7.84. The van der Waals surface area contributed by atoms with Crippen LogP contribution in [0.4, 0.5) is 0 Å². The highest BCUT2D eigenvalue weighted by Crippen LogP contribution is 2.25. The fourth-order valence-electron chi connectivity index (χ4n) is 4.10. The Morgan fingerprint density at radius 1 is 1.19 bits per heavy atom. The lowest BCUT2D eigenvalue weighted by Crippen LogP contribution is -2.48. The van der Waals surface area contributed by atoms with Crippen LogP contribution >= 0.6 is 0 Å². The van der Waals surface area contributed by atoms with Crippen LogP contribution in [0.3, 0.4) is 0 Å². The lowest BCUT2D eigenvalue weighted by Gasteiger charge is -2.35. The molecule has 1 N–H and O–H groups in total.